The summed E-state index contributed by atoms with van der Waals surface area (Å²) in [5.41, 5.74) is 10.7. The van der Waals surface area contributed by atoms with E-state index in [0.29, 0.717) is 58.6 Å². The Morgan fingerprint density at radius 1 is 0.986 bits per heavy atom. The highest BCUT2D eigenvalue weighted by atomic mass is 32.1. The SMILES string of the molecule is CO[C@@H](C)c1ncc(N2CCN(C3CC3)CC2)cc1-c1c2c3cc(ccc3n1CCOC1CCOCC1)-c1csc(n1)[C@@H](N1CCCC1)[C@H](NC(=O)[C@H]1C[C@@H](C)O1)C(=O)N1CCC[C@H](N1)C(=O)OCC(C)(C)C2. The third kappa shape index (κ3) is 10.8. The number of cyclic esters (lactones) is 1. The second-order valence-electron chi connectivity index (χ2n) is 22.3. The molecule has 17 nitrogen and oxygen atoms in total. The van der Waals surface area contributed by atoms with Crippen LogP contribution in [0.3, 0.4) is 0 Å². The first-order valence-corrected chi connectivity index (χ1v) is 28.1. The summed E-state index contributed by atoms with van der Waals surface area (Å²) in [5, 5.41) is 8.61. The summed E-state index contributed by atoms with van der Waals surface area (Å²) in [4.78, 5) is 61.4. The fourth-order valence-electron chi connectivity index (χ4n) is 12.0. The number of fused-ring (bicyclic) bond motifs is 6. The summed E-state index contributed by atoms with van der Waals surface area (Å²) in [6.07, 6.45) is 9.72. The van der Waals surface area contributed by atoms with Gasteiger partial charge in [0, 0.05) is 105 Å². The van der Waals surface area contributed by atoms with Gasteiger partial charge in [-0.25, -0.2) is 10.4 Å². The number of anilines is 1. The number of nitrogens with zero attached hydrogens (tertiary/aromatic N) is 7. The molecule has 3 aromatic heterocycles. The van der Waals surface area contributed by atoms with E-state index in [1.165, 1.54) is 29.2 Å². The lowest BCUT2D eigenvalue weighted by Gasteiger charge is -2.40. The number of hydrogen-bond acceptors (Lipinski definition) is 15. The number of aromatic nitrogens is 3. The molecule has 1 saturated carbocycles. The van der Waals surface area contributed by atoms with E-state index in [4.69, 9.17) is 33.7 Å². The predicted molar refractivity (Wildman–Crippen MR) is 279 cm³/mol. The molecular weight excluding hydrogens is 947 g/mol. The zero-order valence-corrected chi connectivity index (χ0v) is 44.3. The normalized spacial score (nSPS) is 27.2. The molecule has 0 unspecified atom stereocenters. The van der Waals surface area contributed by atoms with Gasteiger partial charge in [0.2, 0.25) is 5.91 Å². The molecule has 0 spiro atoms. The van der Waals surface area contributed by atoms with Crippen LogP contribution in [0.5, 0.6) is 0 Å². The van der Waals surface area contributed by atoms with Gasteiger partial charge in [-0.1, -0.05) is 19.9 Å². The van der Waals surface area contributed by atoms with Gasteiger partial charge in [-0.3, -0.25) is 34.2 Å². The number of carbonyl (C=O) groups is 3. The predicted octanol–water partition coefficient (Wildman–Crippen LogP) is 6.43. The van der Waals surface area contributed by atoms with Gasteiger partial charge in [0.1, 0.15) is 23.2 Å². The molecule has 2 N–H and O–H groups in total. The summed E-state index contributed by atoms with van der Waals surface area (Å²) < 4.78 is 33.1. The first-order chi connectivity index (χ1) is 35.4. The van der Waals surface area contributed by atoms with Crippen LogP contribution in [0.2, 0.25) is 0 Å². The third-order valence-electron chi connectivity index (χ3n) is 16.4. The average molecular weight is 1020 g/mol. The Balaban J connectivity index is 1.06. The number of benzene rings is 1. The van der Waals surface area contributed by atoms with Gasteiger partial charge in [-0.15, -0.1) is 11.3 Å². The number of pyridine rings is 1. The molecule has 2 amide bonds. The van der Waals surface area contributed by atoms with E-state index < -0.39 is 35.6 Å². The minimum Gasteiger partial charge on any atom is -0.464 e. The molecule has 1 aromatic carbocycles. The molecule has 394 valence electrons. The zero-order valence-electron chi connectivity index (χ0n) is 43.4. The van der Waals surface area contributed by atoms with Crippen molar-refractivity contribution in [2.75, 3.05) is 84.3 Å². The Kier molecular flexibility index (Phi) is 15.0. The lowest BCUT2D eigenvalue weighted by Crippen LogP contribution is -2.63. The largest absolute Gasteiger partial charge is 0.464 e. The molecule has 7 aliphatic rings. The maximum absolute atomic E-state index is 15.0. The number of amides is 2. The van der Waals surface area contributed by atoms with Crippen molar-refractivity contribution in [1.82, 2.24) is 40.1 Å². The van der Waals surface area contributed by atoms with Crippen LogP contribution in [0.4, 0.5) is 5.69 Å². The van der Waals surface area contributed by atoms with Crippen LogP contribution in [-0.2, 0) is 51.0 Å². The van der Waals surface area contributed by atoms with Crippen LogP contribution >= 0.6 is 11.3 Å². The van der Waals surface area contributed by atoms with Crippen LogP contribution in [0, 0.1) is 5.41 Å². The van der Waals surface area contributed by atoms with Crippen LogP contribution in [0.1, 0.15) is 114 Å². The van der Waals surface area contributed by atoms with E-state index in [-0.39, 0.29) is 36.7 Å². The zero-order chi connectivity index (χ0) is 50.4. The summed E-state index contributed by atoms with van der Waals surface area (Å²) in [5.74, 6) is -1.03. The molecule has 18 heteroatoms. The first-order valence-electron chi connectivity index (χ1n) is 27.2. The standard InChI is InChI=1S/C55H75N9O8S/c1-34-27-46(72-34)51(65)58-48-50(62-16-6-7-17-62)52-57-44(32-73-52)36-10-13-45-40(28-36)42(30-55(3,4)33-71-54(67)43-9-8-18-64(59-43)53(48)66)49(63(45)23-26-70-39-14-24-69-25-15-39)41-29-38(31-56-47(41)35(2)68-5)61-21-19-60(20-22-61)37-11-12-37/h10,13,28-29,31-32,34-35,37,39,43,46,48,50,59H,6-9,11-12,14-27,30,33H2,1-5H3,(H,58,65)/t34-,35+,43+,46-,48+,50+/m1/s1. The van der Waals surface area contributed by atoms with E-state index in [1.54, 1.807) is 7.11 Å². The first kappa shape index (κ1) is 50.6. The third-order valence-corrected chi connectivity index (χ3v) is 17.3. The van der Waals surface area contributed by atoms with Crippen molar-refractivity contribution >= 4 is 45.7 Å². The van der Waals surface area contributed by atoms with Crippen molar-refractivity contribution in [3.8, 4) is 22.5 Å². The Morgan fingerprint density at radius 2 is 1.77 bits per heavy atom. The molecular formula is C55H75N9O8S. The fraction of sp³-hybridized carbons (Fsp3) is 0.655. The van der Waals surface area contributed by atoms with E-state index in [0.717, 1.165) is 126 Å². The quantitative estimate of drug-likeness (QED) is 0.149. The summed E-state index contributed by atoms with van der Waals surface area (Å²) in [7, 11) is 1.74. The van der Waals surface area contributed by atoms with Gasteiger partial charge in [0.15, 0.2) is 0 Å². The number of rotatable bonds is 12. The lowest BCUT2D eigenvalue weighted by molar-refractivity contribution is -0.163. The highest BCUT2D eigenvalue weighted by Crippen LogP contribution is 2.44. The van der Waals surface area contributed by atoms with E-state index in [2.05, 4.69) is 80.4 Å². The van der Waals surface area contributed by atoms with Crippen molar-refractivity contribution < 1.29 is 38.1 Å². The highest BCUT2D eigenvalue weighted by Gasteiger charge is 2.45. The van der Waals surface area contributed by atoms with Gasteiger partial charge in [-0.05, 0) is 108 Å². The van der Waals surface area contributed by atoms with Crippen LogP contribution < -0.4 is 15.6 Å². The summed E-state index contributed by atoms with van der Waals surface area (Å²) in [6, 6.07) is 7.42. The van der Waals surface area contributed by atoms with Gasteiger partial charge in [0.05, 0.1) is 66.5 Å². The van der Waals surface area contributed by atoms with Crippen molar-refractivity contribution in [3.05, 3.63) is 52.1 Å². The molecule has 6 aliphatic heterocycles. The van der Waals surface area contributed by atoms with E-state index in [1.807, 2.05) is 13.1 Å². The summed E-state index contributed by atoms with van der Waals surface area (Å²) >= 11 is 1.52. The summed E-state index contributed by atoms with van der Waals surface area (Å²) in [6.45, 7) is 16.8. The average Bonchev–Trinajstić information content (AvgIpc) is 3.74. The number of hydrogen-bond donors (Lipinski definition) is 2. The number of likely N-dealkylation sites (tertiary alicyclic amines) is 1. The second-order valence-corrected chi connectivity index (χ2v) is 23.2. The van der Waals surface area contributed by atoms with Crippen LogP contribution in [0.15, 0.2) is 35.8 Å². The Morgan fingerprint density at radius 3 is 2.51 bits per heavy atom. The number of methoxy groups -OCH3 is 1. The number of hydrazine groups is 1. The Bertz CT molecular complexity index is 2630. The number of piperazine rings is 1. The number of esters is 1. The minimum absolute atomic E-state index is 0.0277. The molecule has 5 saturated heterocycles. The second kappa shape index (κ2) is 21.6. The molecule has 4 aromatic rings. The molecule has 73 heavy (non-hydrogen) atoms. The van der Waals surface area contributed by atoms with E-state index >= 15 is 4.79 Å². The monoisotopic (exact) mass is 1020 g/mol. The molecule has 11 rings (SSSR count). The number of nitrogens with one attached hydrogen (secondary N) is 2. The molecule has 9 heterocycles. The van der Waals surface area contributed by atoms with Crippen molar-refractivity contribution in [2.45, 2.75) is 147 Å². The number of thiazole rings is 1. The van der Waals surface area contributed by atoms with Gasteiger partial charge in [-0.2, -0.15) is 0 Å². The highest BCUT2D eigenvalue weighted by molar-refractivity contribution is 7.10. The molecule has 6 fully saturated rings. The van der Waals surface area contributed by atoms with Gasteiger partial charge < -0.3 is 38.5 Å². The van der Waals surface area contributed by atoms with Crippen LogP contribution in [-0.4, -0.2) is 163 Å². The molecule has 6 bridgehead atoms. The van der Waals surface area contributed by atoms with Gasteiger partial charge >= 0.3 is 5.97 Å². The number of ether oxygens (including phenoxy) is 5. The topological polar surface area (TPSA) is 165 Å². The van der Waals surface area contributed by atoms with Crippen molar-refractivity contribution in [3.63, 3.8) is 0 Å². The van der Waals surface area contributed by atoms with E-state index in [9.17, 15) is 9.59 Å². The fourth-order valence-corrected chi connectivity index (χ4v) is 13.0. The number of carbonyl (C=O) groups excluding carboxylic acids is 3. The Labute approximate surface area is 433 Å². The van der Waals surface area contributed by atoms with Gasteiger partial charge in [0.25, 0.3) is 5.91 Å². The van der Waals surface area contributed by atoms with Crippen molar-refractivity contribution in [1.29, 1.82) is 0 Å². The lowest BCUT2D eigenvalue weighted by atomic mass is 9.84. The smallest absolute Gasteiger partial charge is 0.324 e. The maximum Gasteiger partial charge on any atom is 0.324 e. The van der Waals surface area contributed by atoms with Crippen molar-refractivity contribution in [2.24, 2.45) is 5.41 Å². The van der Waals surface area contributed by atoms with Crippen LogP contribution in [0.25, 0.3) is 33.4 Å². The maximum atomic E-state index is 15.0. The Hall–Kier alpha value is -4.53. The molecule has 6 atom stereocenters. The molecule has 1 aliphatic carbocycles. The minimum atomic E-state index is -0.992. The molecule has 0 radical (unpaired) electrons.